The Morgan fingerprint density at radius 3 is 2.74 bits per heavy atom. The van der Waals surface area contributed by atoms with E-state index in [0.717, 1.165) is 35.2 Å². The highest BCUT2D eigenvalue weighted by molar-refractivity contribution is 7.09. The lowest BCUT2D eigenvalue weighted by atomic mass is 9.80. The van der Waals surface area contributed by atoms with Crippen molar-refractivity contribution in [3.8, 4) is 0 Å². The van der Waals surface area contributed by atoms with E-state index in [2.05, 4.69) is 22.4 Å². The van der Waals surface area contributed by atoms with Crippen molar-refractivity contribution in [1.29, 1.82) is 0 Å². The highest BCUT2D eigenvalue weighted by Gasteiger charge is 2.39. The van der Waals surface area contributed by atoms with Gasteiger partial charge in [0.2, 0.25) is 0 Å². The van der Waals surface area contributed by atoms with Gasteiger partial charge in [0, 0.05) is 16.9 Å². The Labute approximate surface area is 121 Å². The van der Waals surface area contributed by atoms with Crippen LogP contribution in [0.2, 0.25) is 5.02 Å². The van der Waals surface area contributed by atoms with E-state index in [9.17, 15) is 5.11 Å². The van der Waals surface area contributed by atoms with E-state index in [1.807, 2.05) is 17.5 Å². The van der Waals surface area contributed by atoms with Gasteiger partial charge in [-0.15, -0.1) is 11.3 Å². The first-order valence-corrected chi connectivity index (χ1v) is 7.53. The zero-order valence-electron chi connectivity index (χ0n) is 10.4. The van der Waals surface area contributed by atoms with E-state index in [-0.39, 0.29) is 12.0 Å². The largest absolute Gasteiger partial charge is 0.390 e. The lowest BCUT2D eigenvalue weighted by molar-refractivity contribution is 0.277. The number of aliphatic hydroxyl groups excluding tert-OH is 1. The maximum Gasteiger partial charge on any atom is 0.105 e. The summed E-state index contributed by atoms with van der Waals surface area (Å²) in [7, 11) is 0. The molecular formula is C14H15ClN2OS. The number of aromatic nitrogens is 1. The highest BCUT2D eigenvalue weighted by Crippen LogP contribution is 2.39. The molecule has 2 N–H and O–H groups in total. The van der Waals surface area contributed by atoms with Crippen molar-refractivity contribution in [2.75, 3.05) is 13.1 Å². The quantitative estimate of drug-likeness (QED) is 0.914. The summed E-state index contributed by atoms with van der Waals surface area (Å²) in [5.41, 5.74) is 1.91. The number of rotatable bonds is 3. The van der Waals surface area contributed by atoms with E-state index in [1.165, 1.54) is 5.56 Å². The van der Waals surface area contributed by atoms with Crippen molar-refractivity contribution in [1.82, 2.24) is 10.3 Å². The Hall–Kier alpha value is -0.940. The molecule has 0 spiro atoms. The number of hydrogen-bond acceptors (Lipinski definition) is 4. The van der Waals surface area contributed by atoms with E-state index < -0.39 is 0 Å². The number of hydrogen-bond donors (Lipinski definition) is 2. The first-order chi connectivity index (χ1) is 9.24. The van der Waals surface area contributed by atoms with Crippen LogP contribution in [0.15, 0.2) is 29.6 Å². The van der Waals surface area contributed by atoms with E-state index >= 15 is 0 Å². The molecule has 2 aromatic rings. The highest BCUT2D eigenvalue weighted by atomic mass is 35.5. The maximum atomic E-state index is 9.20. The van der Waals surface area contributed by atoms with Crippen molar-refractivity contribution in [3.63, 3.8) is 0 Å². The normalized spacial score (nSPS) is 22.8. The third-order valence-electron chi connectivity index (χ3n) is 3.68. The number of thiazole rings is 1. The molecule has 0 amide bonds. The first-order valence-electron chi connectivity index (χ1n) is 6.27. The van der Waals surface area contributed by atoms with Crippen LogP contribution in [0.3, 0.4) is 0 Å². The third kappa shape index (κ3) is 2.30. The lowest BCUT2D eigenvalue weighted by Gasteiger charge is -2.26. The smallest absolute Gasteiger partial charge is 0.105 e. The van der Waals surface area contributed by atoms with Gasteiger partial charge in [0.05, 0.1) is 17.7 Å². The predicted molar refractivity (Wildman–Crippen MR) is 77.8 cm³/mol. The molecule has 0 saturated carbocycles. The van der Waals surface area contributed by atoms with Crippen molar-refractivity contribution in [3.05, 3.63) is 50.9 Å². The molecule has 5 heteroatoms. The molecular weight excluding hydrogens is 280 g/mol. The standard InChI is InChI=1S/C14H15ClN2OS/c15-11-3-1-10(2-4-11)14(5-6-16-9-14)13-17-12(7-18)8-19-13/h1-4,8,16,18H,5-7,9H2. The molecule has 1 aromatic heterocycles. The van der Waals surface area contributed by atoms with Crippen LogP contribution in [0.5, 0.6) is 0 Å². The summed E-state index contributed by atoms with van der Waals surface area (Å²) < 4.78 is 0. The lowest BCUT2D eigenvalue weighted by Crippen LogP contribution is -2.30. The Bertz CT molecular complexity index is 561. The van der Waals surface area contributed by atoms with Crippen LogP contribution >= 0.6 is 22.9 Å². The minimum atomic E-state index is -0.0807. The molecule has 0 bridgehead atoms. The topological polar surface area (TPSA) is 45.1 Å². The molecule has 3 nitrogen and oxygen atoms in total. The fourth-order valence-electron chi connectivity index (χ4n) is 2.61. The second-order valence-corrected chi connectivity index (χ2v) is 6.11. The molecule has 0 aliphatic carbocycles. The molecule has 1 aliphatic rings. The number of aliphatic hydroxyl groups is 1. The van der Waals surface area contributed by atoms with Gasteiger partial charge in [0.15, 0.2) is 0 Å². The average molecular weight is 295 g/mol. The van der Waals surface area contributed by atoms with Gasteiger partial charge in [-0.1, -0.05) is 23.7 Å². The molecule has 1 saturated heterocycles. The van der Waals surface area contributed by atoms with Gasteiger partial charge >= 0.3 is 0 Å². The third-order valence-corrected chi connectivity index (χ3v) is 5.02. The Morgan fingerprint density at radius 1 is 1.37 bits per heavy atom. The minimum absolute atomic E-state index is 0.000621. The Kier molecular flexibility index (Phi) is 3.58. The minimum Gasteiger partial charge on any atom is -0.390 e. The van der Waals surface area contributed by atoms with Gasteiger partial charge in [-0.25, -0.2) is 4.98 Å². The molecule has 2 heterocycles. The number of benzene rings is 1. The van der Waals surface area contributed by atoms with Crippen LogP contribution in [-0.4, -0.2) is 23.2 Å². The molecule has 1 unspecified atom stereocenters. The summed E-state index contributed by atoms with van der Waals surface area (Å²) in [6, 6.07) is 8.01. The van der Waals surface area contributed by atoms with Gasteiger partial charge in [0.1, 0.15) is 5.01 Å². The number of nitrogens with zero attached hydrogens (tertiary/aromatic N) is 1. The van der Waals surface area contributed by atoms with Crippen LogP contribution < -0.4 is 5.32 Å². The van der Waals surface area contributed by atoms with Crippen molar-refractivity contribution in [2.24, 2.45) is 0 Å². The first kappa shape index (κ1) is 13.1. The predicted octanol–water partition coefficient (Wildman–Crippen LogP) is 2.57. The van der Waals surface area contributed by atoms with E-state index in [4.69, 9.17) is 11.6 Å². The van der Waals surface area contributed by atoms with E-state index in [1.54, 1.807) is 11.3 Å². The molecule has 1 aromatic carbocycles. The maximum absolute atomic E-state index is 9.20. The molecule has 1 atom stereocenters. The summed E-state index contributed by atoms with van der Waals surface area (Å²) >= 11 is 7.60. The Balaban J connectivity index is 2.05. The zero-order chi connectivity index (χ0) is 13.3. The van der Waals surface area contributed by atoms with Gasteiger partial charge < -0.3 is 10.4 Å². The van der Waals surface area contributed by atoms with E-state index in [0.29, 0.717) is 0 Å². The van der Waals surface area contributed by atoms with Gasteiger partial charge in [-0.3, -0.25) is 0 Å². The van der Waals surface area contributed by atoms with Crippen LogP contribution in [0.4, 0.5) is 0 Å². The molecule has 19 heavy (non-hydrogen) atoms. The molecule has 1 fully saturated rings. The van der Waals surface area contributed by atoms with Crippen molar-refractivity contribution in [2.45, 2.75) is 18.4 Å². The average Bonchev–Trinajstić information content (AvgIpc) is 3.09. The summed E-state index contributed by atoms with van der Waals surface area (Å²) in [6.07, 6.45) is 1.02. The molecule has 1 aliphatic heterocycles. The Morgan fingerprint density at radius 2 is 2.16 bits per heavy atom. The molecule has 3 rings (SSSR count). The van der Waals surface area contributed by atoms with Crippen LogP contribution in [0.25, 0.3) is 0 Å². The van der Waals surface area contributed by atoms with Crippen LogP contribution in [-0.2, 0) is 12.0 Å². The summed E-state index contributed by atoms with van der Waals surface area (Å²) in [6.45, 7) is 1.87. The van der Waals surface area contributed by atoms with Gasteiger partial charge in [-0.2, -0.15) is 0 Å². The van der Waals surface area contributed by atoms with Crippen molar-refractivity contribution >= 4 is 22.9 Å². The van der Waals surface area contributed by atoms with Gasteiger partial charge in [-0.05, 0) is 30.7 Å². The fourth-order valence-corrected chi connectivity index (χ4v) is 3.80. The summed E-state index contributed by atoms with van der Waals surface area (Å²) in [5.74, 6) is 0. The number of halogens is 1. The van der Waals surface area contributed by atoms with Crippen molar-refractivity contribution < 1.29 is 5.11 Å². The van der Waals surface area contributed by atoms with Crippen LogP contribution in [0.1, 0.15) is 22.7 Å². The molecule has 0 radical (unpaired) electrons. The molecule has 100 valence electrons. The number of nitrogens with one attached hydrogen (secondary N) is 1. The second kappa shape index (κ2) is 5.21. The summed E-state index contributed by atoms with van der Waals surface area (Å²) in [4.78, 5) is 4.58. The monoisotopic (exact) mass is 294 g/mol. The SMILES string of the molecule is OCc1csc(C2(c3ccc(Cl)cc3)CCNC2)n1. The fraction of sp³-hybridized carbons (Fsp3) is 0.357. The van der Waals surface area contributed by atoms with Crippen LogP contribution in [0, 0.1) is 0 Å². The second-order valence-electron chi connectivity index (χ2n) is 4.82. The summed E-state index contributed by atoms with van der Waals surface area (Å²) in [5, 5.41) is 16.4. The zero-order valence-corrected chi connectivity index (χ0v) is 12.0. The van der Waals surface area contributed by atoms with Gasteiger partial charge in [0.25, 0.3) is 0 Å².